The van der Waals surface area contributed by atoms with Gasteiger partial charge in [-0.1, -0.05) is 6.42 Å². The van der Waals surface area contributed by atoms with Gasteiger partial charge in [0, 0.05) is 37.7 Å². The first-order valence-electron chi connectivity index (χ1n) is 9.50. The molecule has 2 N–H and O–H groups in total. The zero-order chi connectivity index (χ0) is 18.3. The highest BCUT2D eigenvalue weighted by Gasteiger charge is 2.29. The second-order valence-corrected chi connectivity index (χ2v) is 7.44. The first kappa shape index (κ1) is 17.0. The molecule has 2 amide bonds. The first-order chi connectivity index (χ1) is 12.5. The minimum absolute atomic E-state index is 0.0170. The minimum Gasteiger partial charge on any atom is -0.369 e. The van der Waals surface area contributed by atoms with Gasteiger partial charge < -0.3 is 15.2 Å². The van der Waals surface area contributed by atoms with Crippen LogP contribution in [0.1, 0.15) is 54.0 Å². The molecule has 1 saturated heterocycles. The fraction of sp³-hybridized carbons (Fsp3) is 0.579. The SMILES string of the molecule is Cc1cc(C(=O)N2CCC(C(N)=O)CC2)c2nc3n(c2n1)CCCCC3. The van der Waals surface area contributed by atoms with E-state index < -0.39 is 0 Å². The molecule has 138 valence electrons. The first-order valence-corrected chi connectivity index (χ1v) is 9.50. The molecular weight excluding hydrogens is 330 g/mol. The molecule has 2 aliphatic heterocycles. The van der Waals surface area contributed by atoms with Crippen LogP contribution in [0.2, 0.25) is 0 Å². The van der Waals surface area contributed by atoms with E-state index in [1.165, 1.54) is 6.42 Å². The van der Waals surface area contributed by atoms with Gasteiger partial charge in [0.15, 0.2) is 5.65 Å². The van der Waals surface area contributed by atoms with Gasteiger partial charge in [0.05, 0.1) is 5.56 Å². The van der Waals surface area contributed by atoms with Crippen LogP contribution in [-0.2, 0) is 17.8 Å². The van der Waals surface area contributed by atoms with E-state index >= 15 is 0 Å². The van der Waals surface area contributed by atoms with Gasteiger partial charge in [-0.3, -0.25) is 9.59 Å². The molecule has 0 bridgehead atoms. The number of rotatable bonds is 2. The molecule has 7 nitrogen and oxygen atoms in total. The van der Waals surface area contributed by atoms with Crippen LogP contribution in [0.15, 0.2) is 6.07 Å². The maximum Gasteiger partial charge on any atom is 0.256 e. The molecule has 0 spiro atoms. The van der Waals surface area contributed by atoms with Crippen molar-refractivity contribution in [2.24, 2.45) is 11.7 Å². The van der Waals surface area contributed by atoms with Crippen LogP contribution in [0.3, 0.4) is 0 Å². The summed E-state index contributed by atoms with van der Waals surface area (Å²) in [4.78, 5) is 35.8. The predicted octanol–water partition coefficient (Wildman–Crippen LogP) is 1.80. The molecule has 0 unspecified atom stereocenters. The summed E-state index contributed by atoms with van der Waals surface area (Å²) >= 11 is 0. The Morgan fingerprint density at radius 1 is 1.12 bits per heavy atom. The van der Waals surface area contributed by atoms with E-state index in [2.05, 4.69) is 9.55 Å². The summed E-state index contributed by atoms with van der Waals surface area (Å²) in [5.41, 5.74) is 8.41. The van der Waals surface area contributed by atoms with E-state index in [9.17, 15) is 9.59 Å². The summed E-state index contributed by atoms with van der Waals surface area (Å²) in [6, 6.07) is 1.84. The van der Waals surface area contributed by atoms with Crippen molar-refractivity contribution in [1.82, 2.24) is 19.4 Å². The summed E-state index contributed by atoms with van der Waals surface area (Å²) in [7, 11) is 0. The number of hydrogen-bond acceptors (Lipinski definition) is 4. The van der Waals surface area contributed by atoms with Gasteiger partial charge in [0.2, 0.25) is 5.91 Å². The largest absolute Gasteiger partial charge is 0.369 e. The number of likely N-dealkylation sites (tertiary alicyclic amines) is 1. The van der Waals surface area contributed by atoms with Crippen molar-refractivity contribution < 1.29 is 9.59 Å². The zero-order valence-electron chi connectivity index (χ0n) is 15.2. The van der Waals surface area contributed by atoms with Crippen LogP contribution in [-0.4, -0.2) is 44.3 Å². The maximum absolute atomic E-state index is 13.2. The van der Waals surface area contributed by atoms with Crippen molar-refractivity contribution in [2.45, 2.75) is 52.0 Å². The van der Waals surface area contributed by atoms with Crippen molar-refractivity contribution in [2.75, 3.05) is 13.1 Å². The molecule has 0 aromatic carbocycles. The second-order valence-electron chi connectivity index (χ2n) is 7.44. The van der Waals surface area contributed by atoms with Gasteiger partial charge in [-0.05, 0) is 38.7 Å². The van der Waals surface area contributed by atoms with E-state index in [4.69, 9.17) is 10.7 Å². The molecule has 0 aliphatic carbocycles. The summed E-state index contributed by atoms with van der Waals surface area (Å²) in [6.45, 7) is 3.96. The van der Waals surface area contributed by atoms with Crippen LogP contribution >= 0.6 is 0 Å². The average Bonchev–Trinajstić information content (AvgIpc) is 2.82. The molecule has 26 heavy (non-hydrogen) atoms. The molecule has 4 rings (SSSR count). The molecule has 2 aromatic rings. The number of carbonyl (C=O) groups is 2. The normalized spacial score (nSPS) is 18.6. The topological polar surface area (TPSA) is 94.1 Å². The quantitative estimate of drug-likeness (QED) is 0.889. The van der Waals surface area contributed by atoms with E-state index in [0.717, 1.165) is 48.5 Å². The Morgan fingerprint density at radius 2 is 1.88 bits per heavy atom. The number of carbonyl (C=O) groups excluding carboxylic acids is 2. The summed E-state index contributed by atoms with van der Waals surface area (Å²) in [5, 5.41) is 0. The van der Waals surface area contributed by atoms with Crippen LogP contribution in [0, 0.1) is 12.8 Å². The third-order valence-corrected chi connectivity index (χ3v) is 5.61. The van der Waals surface area contributed by atoms with Crippen LogP contribution in [0.4, 0.5) is 0 Å². The minimum atomic E-state index is -0.267. The summed E-state index contributed by atoms with van der Waals surface area (Å²) in [5.74, 6) is 0.632. The number of piperidine rings is 1. The van der Waals surface area contributed by atoms with Gasteiger partial charge in [0.1, 0.15) is 11.3 Å². The lowest BCUT2D eigenvalue weighted by Crippen LogP contribution is -2.41. The predicted molar refractivity (Wildman–Crippen MR) is 97.6 cm³/mol. The van der Waals surface area contributed by atoms with E-state index in [0.29, 0.717) is 31.5 Å². The molecule has 1 fully saturated rings. The Bertz CT molecular complexity index is 864. The number of primary amides is 1. The van der Waals surface area contributed by atoms with Crippen molar-refractivity contribution in [3.05, 3.63) is 23.1 Å². The molecule has 4 heterocycles. The molecule has 2 aliphatic rings. The Balaban J connectivity index is 1.68. The van der Waals surface area contributed by atoms with E-state index in [1.54, 1.807) is 0 Å². The Labute approximate surface area is 152 Å². The molecule has 0 radical (unpaired) electrons. The number of aryl methyl sites for hydroxylation is 3. The van der Waals surface area contributed by atoms with Gasteiger partial charge in [-0.25, -0.2) is 9.97 Å². The highest BCUT2D eigenvalue weighted by atomic mass is 16.2. The summed E-state index contributed by atoms with van der Waals surface area (Å²) in [6.07, 6.45) is 5.66. The molecule has 2 aromatic heterocycles. The highest BCUT2D eigenvalue weighted by molar-refractivity contribution is 6.04. The smallest absolute Gasteiger partial charge is 0.256 e. The molecule has 0 atom stereocenters. The van der Waals surface area contributed by atoms with Gasteiger partial charge in [0.25, 0.3) is 5.91 Å². The van der Waals surface area contributed by atoms with Crippen molar-refractivity contribution >= 4 is 23.0 Å². The van der Waals surface area contributed by atoms with Crippen molar-refractivity contribution in [1.29, 1.82) is 0 Å². The number of fused-ring (bicyclic) bond motifs is 3. The number of pyridine rings is 1. The monoisotopic (exact) mass is 355 g/mol. The molecule has 0 saturated carbocycles. The standard InChI is InChI=1S/C19H25N5O2/c1-12-11-14(19(26)23-9-6-13(7-10-23)17(20)25)16-18(21-12)24-8-4-2-3-5-15(24)22-16/h11,13H,2-10H2,1H3,(H2,20,25). The van der Waals surface area contributed by atoms with Gasteiger partial charge >= 0.3 is 0 Å². The highest BCUT2D eigenvalue weighted by Crippen LogP contribution is 2.26. The third-order valence-electron chi connectivity index (χ3n) is 5.61. The summed E-state index contributed by atoms with van der Waals surface area (Å²) < 4.78 is 2.19. The lowest BCUT2D eigenvalue weighted by molar-refractivity contribution is -0.123. The van der Waals surface area contributed by atoms with Crippen LogP contribution in [0.5, 0.6) is 0 Å². The molecule has 7 heteroatoms. The Kier molecular flexibility index (Phi) is 4.38. The lowest BCUT2D eigenvalue weighted by Gasteiger charge is -2.30. The number of nitrogens with two attached hydrogens (primary N) is 1. The molecular formula is C19H25N5O2. The lowest BCUT2D eigenvalue weighted by atomic mass is 9.96. The average molecular weight is 355 g/mol. The fourth-order valence-electron chi connectivity index (χ4n) is 4.12. The van der Waals surface area contributed by atoms with E-state index in [-0.39, 0.29) is 17.7 Å². The second kappa shape index (κ2) is 6.70. The van der Waals surface area contributed by atoms with Crippen molar-refractivity contribution in [3.8, 4) is 0 Å². The van der Waals surface area contributed by atoms with Crippen molar-refractivity contribution in [3.63, 3.8) is 0 Å². The third kappa shape index (κ3) is 2.95. The maximum atomic E-state index is 13.2. The number of amides is 2. The number of aromatic nitrogens is 3. The fourth-order valence-corrected chi connectivity index (χ4v) is 4.12. The zero-order valence-corrected chi connectivity index (χ0v) is 15.2. The van der Waals surface area contributed by atoms with Crippen LogP contribution in [0.25, 0.3) is 11.2 Å². The van der Waals surface area contributed by atoms with E-state index in [1.807, 2.05) is 17.9 Å². The van der Waals surface area contributed by atoms with Gasteiger partial charge in [-0.2, -0.15) is 0 Å². The number of nitrogens with zero attached hydrogens (tertiary/aromatic N) is 4. The number of imidazole rings is 1. The Hall–Kier alpha value is -2.44. The van der Waals surface area contributed by atoms with Gasteiger partial charge in [-0.15, -0.1) is 0 Å². The number of hydrogen-bond donors (Lipinski definition) is 1. The Morgan fingerprint density at radius 3 is 2.62 bits per heavy atom. The van der Waals surface area contributed by atoms with Crippen LogP contribution < -0.4 is 5.73 Å².